The molecule has 0 atom stereocenters. The maximum atomic E-state index is 9.98. The average molecular weight is 651 g/mol. The Balaban J connectivity index is 1.18. The van der Waals surface area contributed by atoms with Crippen LogP contribution in [-0.2, 0) is 5.41 Å². The average Bonchev–Trinajstić information content (AvgIpc) is 3.51. The van der Waals surface area contributed by atoms with Crippen LogP contribution >= 0.6 is 0 Å². The van der Waals surface area contributed by atoms with Crippen LogP contribution in [0.25, 0.3) is 56.4 Å². The molecule has 0 unspecified atom stereocenters. The minimum absolute atomic E-state index is 0.595. The summed E-state index contributed by atoms with van der Waals surface area (Å²) in [4.78, 5) is 14.7. The Bertz CT molecular complexity index is 2460. The first kappa shape index (κ1) is 30.1. The Morgan fingerprint density at radius 2 is 0.765 bits per heavy atom. The van der Waals surface area contributed by atoms with E-state index < -0.39 is 5.41 Å². The van der Waals surface area contributed by atoms with Gasteiger partial charge in [0.15, 0.2) is 17.5 Å². The molecule has 0 radical (unpaired) electrons. The summed E-state index contributed by atoms with van der Waals surface area (Å²) in [6, 6.07) is 65.1. The zero-order valence-electron chi connectivity index (χ0n) is 27.6. The fourth-order valence-corrected chi connectivity index (χ4v) is 7.49. The van der Waals surface area contributed by atoms with E-state index in [9.17, 15) is 5.26 Å². The molecule has 0 N–H and O–H groups in total. The monoisotopic (exact) mass is 650 g/mol. The number of fused-ring (bicyclic) bond motifs is 3. The predicted molar refractivity (Wildman–Crippen MR) is 204 cm³/mol. The zero-order valence-corrected chi connectivity index (χ0v) is 27.6. The number of nitrogens with zero attached hydrogens (tertiary/aromatic N) is 4. The van der Waals surface area contributed by atoms with Gasteiger partial charge in [0.25, 0.3) is 0 Å². The number of rotatable bonds is 6. The number of hydrogen-bond acceptors (Lipinski definition) is 4. The Hall–Kier alpha value is -6.96. The molecule has 1 aromatic heterocycles. The van der Waals surface area contributed by atoms with Crippen LogP contribution < -0.4 is 0 Å². The molecule has 0 spiro atoms. The van der Waals surface area contributed by atoms with Gasteiger partial charge in [0, 0.05) is 16.7 Å². The molecule has 7 aromatic carbocycles. The lowest BCUT2D eigenvalue weighted by Crippen LogP contribution is -2.28. The molecular formula is C47H30N4. The van der Waals surface area contributed by atoms with Gasteiger partial charge in [-0.05, 0) is 62.7 Å². The Labute approximate surface area is 297 Å². The quantitative estimate of drug-likeness (QED) is 0.180. The second-order valence-corrected chi connectivity index (χ2v) is 12.7. The van der Waals surface area contributed by atoms with Crippen molar-refractivity contribution in [1.82, 2.24) is 15.0 Å². The largest absolute Gasteiger partial charge is 0.208 e. The van der Waals surface area contributed by atoms with Gasteiger partial charge in [-0.3, -0.25) is 0 Å². The molecule has 0 aliphatic heterocycles. The normalized spacial score (nSPS) is 12.5. The van der Waals surface area contributed by atoms with Crippen LogP contribution in [0.3, 0.4) is 0 Å². The Morgan fingerprint density at radius 1 is 0.373 bits per heavy atom. The van der Waals surface area contributed by atoms with Crippen LogP contribution in [0.2, 0.25) is 0 Å². The topological polar surface area (TPSA) is 62.5 Å². The van der Waals surface area contributed by atoms with E-state index in [1.165, 1.54) is 11.1 Å². The third-order valence-electron chi connectivity index (χ3n) is 9.86. The van der Waals surface area contributed by atoms with Crippen molar-refractivity contribution in [2.75, 3.05) is 0 Å². The van der Waals surface area contributed by atoms with E-state index in [0.717, 1.165) is 50.1 Å². The van der Waals surface area contributed by atoms with E-state index in [1.54, 1.807) is 0 Å². The smallest absolute Gasteiger partial charge is 0.164 e. The van der Waals surface area contributed by atoms with Crippen LogP contribution in [0.1, 0.15) is 27.8 Å². The number of nitriles is 1. The highest BCUT2D eigenvalue weighted by Crippen LogP contribution is 2.57. The SMILES string of the molecule is N#Cc1ccc2c(c1)C(c1ccccc1)(c1ccccc1)c1cc(-c3ccc(-c4nc(-c5ccccc5)nc(-c5ccccc5)n4)cc3)ccc1-2. The van der Waals surface area contributed by atoms with Crippen LogP contribution in [0.5, 0.6) is 0 Å². The molecule has 238 valence electrons. The molecule has 0 saturated heterocycles. The summed E-state index contributed by atoms with van der Waals surface area (Å²) in [5, 5.41) is 9.98. The molecule has 0 bridgehead atoms. The second-order valence-electron chi connectivity index (χ2n) is 12.7. The standard InChI is InChI=1S/C47H30N4/c48-31-32-21-27-40-41-28-26-37(30-43(41)47(42(40)29-32,38-17-9-3-10-18-38)39-19-11-4-12-20-39)33-22-24-36(25-23-33)46-50-44(34-13-5-1-6-14-34)49-45(51-46)35-15-7-2-8-16-35/h1-30H. The third kappa shape index (κ3) is 5.12. The fraction of sp³-hybridized carbons (Fsp3) is 0.0213. The summed E-state index contributed by atoms with van der Waals surface area (Å²) in [6.45, 7) is 0. The van der Waals surface area contributed by atoms with Gasteiger partial charge >= 0.3 is 0 Å². The molecule has 8 aromatic rings. The van der Waals surface area contributed by atoms with Gasteiger partial charge < -0.3 is 0 Å². The van der Waals surface area contributed by atoms with E-state index in [4.69, 9.17) is 15.0 Å². The summed E-state index contributed by atoms with van der Waals surface area (Å²) in [5.41, 5.74) is 12.0. The molecule has 4 heteroatoms. The Kier molecular flexibility index (Phi) is 7.38. The molecule has 0 saturated carbocycles. The van der Waals surface area contributed by atoms with Crippen LogP contribution in [-0.4, -0.2) is 15.0 Å². The van der Waals surface area contributed by atoms with Crippen molar-refractivity contribution < 1.29 is 0 Å². The summed E-state index contributed by atoms with van der Waals surface area (Å²) in [5.74, 6) is 1.90. The van der Waals surface area contributed by atoms with Gasteiger partial charge in [0.05, 0.1) is 17.0 Å². The molecule has 0 fully saturated rings. The van der Waals surface area contributed by atoms with Crippen molar-refractivity contribution in [2.45, 2.75) is 5.41 Å². The van der Waals surface area contributed by atoms with Gasteiger partial charge in [0.2, 0.25) is 0 Å². The van der Waals surface area contributed by atoms with E-state index in [0.29, 0.717) is 23.0 Å². The molecule has 9 rings (SSSR count). The minimum atomic E-state index is -0.595. The maximum absolute atomic E-state index is 9.98. The van der Waals surface area contributed by atoms with Crippen molar-refractivity contribution in [2.24, 2.45) is 0 Å². The third-order valence-corrected chi connectivity index (χ3v) is 9.86. The van der Waals surface area contributed by atoms with Gasteiger partial charge in [-0.25, -0.2) is 15.0 Å². The van der Waals surface area contributed by atoms with Gasteiger partial charge in [-0.2, -0.15) is 5.26 Å². The highest BCUT2D eigenvalue weighted by molar-refractivity contribution is 5.89. The van der Waals surface area contributed by atoms with E-state index in [-0.39, 0.29) is 0 Å². The zero-order chi connectivity index (χ0) is 34.2. The summed E-state index contributed by atoms with van der Waals surface area (Å²) in [6.07, 6.45) is 0. The van der Waals surface area contributed by atoms with Crippen molar-refractivity contribution in [3.8, 4) is 62.5 Å². The van der Waals surface area contributed by atoms with Crippen molar-refractivity contribution in [1.29, 1.82) is 5.26 Å². The molecular weight excluding hydrogens is 621 g/mol. The first-order chi connectivity index (χ1) is 25.2. The number of benzene rings is 7. The lowest BCUT2D eigenvalue weighted by Gasteiger charge is -2.34. The predicted octanol–water partition coefficient (Wildman–Crippen LogP) is 10.8. The maximum Gasteiger partial charge on any atom is 0.164 e. The Morgan fingerprint density at radius 3 is 1.25 bits per heavy atom. The highest BCUT2D eigenvalue weighted by atomic mass is 15.0. The first-order valence-corrected chi connectivity index (χ1v) is 17.0. The second kappa shape index (κ2) is 12.5. The number of hydrogen-bond donors (Lipinski definition) is 0. The van der Waals surface area contributed by atoms with Gasteiger partial charge in [0.1, 0.15) is 0 Å². The molecule has 0 amide bonds. The lowest BCUT2D eigenvalue weighted by atomic mass is 9.67. The van der Waals surface area contributed by atoms with Crippen molar-refractivity contribution in [3.05, 3.63) is 210 Å². The van der Waals surface area contributed by atoms with Gasteiger partial charge in [-0.1, -0.05) is 164 Å². The van der Waals surface area contributed by atoms with Crippen molar-refractivity contribution >= 4 is 0 Å². The summed E-state index contributed by atoms with van der Waals surface area (Å²) >= 11 is 0. The van der Waals surface area contributed by atoms with Crippen LogP contribution in [0.15, 0.2) is 182 Å². The molecule has 51 heavy (non-hydrogen) atoms. The van der Waals surface area contributed by atoms with Crippen LogP contribution in [0, 0.1) is 11.3 Å². The van der Waals surface area contributed by atoms with E-state index in [1.807, 2.05) is 66.7 Å². The van der Waals surface area contributed by atoms with Crippen molar-refractivity contribution in [3.63, 3.8) is 0 Å². The minimum Gasteiger partial charge on any atom is -0.208 e. The first-order valence-electron chi connectivity index (χ1n) is 17.0. The van der Waals surface area contributed by atoms with Gasteiger partial charge in [-0.15, -0.1) is 0 Å². The van der Waals surface area contributed by atoms with E-state index in [2.05, 4.69) is 121 Å². The summed E-state index contributed by atoms with van der Waals surface area (Å²) in [7, 11) is 0. The lowest BCUT2D eigenvalue weighted by molar-refractivity contribution is 0.768. The number of aromatic nitrogens is 3. The fourth-order valence-electron chi connectivity index (χ4n) is 7.49. The molecule has 1 aliphatic rings. The summed E-state index contributed by atoms with van der Waals surface area (Å²) < 4.78 is 0. The molecule has 1 heterocycles. The van der Waals surface area contributed by atoms with Crippen LogP contribution in [0.4, 0.5) is 0 Å². The molecule has 1 aliphatic carbocycles. The molecule has 4 nitrogen and oxygen atoms in total. The van der Waals surface area contributed by atoms with E-state index >= 15 is 0 Å². The highest BCUT2D eigenvalue weighted by Gasteiger charge is 2.46.